The van der Waals surface area contributed by atoms with Crippen molar-refractivity contribution in [3.05, 3.63) is 68.4 Å². The zero-order valence-electron chi connectivity index (χ0n) is 21.7. The van der Waals surface area contributed by atoms with E-state index < -0.39 is 28.3 Å². The van der Waals surface area contributed by atoms with Gasteiger partial charge in [-0.05, 0) is 60.9 Å². The van der Waals surface area contributed by atoms with Crippen molar-refractivity contribution in [2.24, 2.45) is 0 Å². The Kier molecular flexibility index (Phi) is 6.05. The Balaban J connectivity index is 1.14. The molecule has 40 heavy (non-hydrogen) atoms. The maximum absolute atomic E-state index is 13.4. The van der Waals surface area contributed by atoms with Gasteiger partial charge in [-0.25, -0.2) is 0 Å². The monoisotopic (exact) mass is 545 g/mol. The van der Waals surface area contributed by atoms with Crippen molar-refractivity contribution in [3.8, 4) is 5.75 Å². The van der Waals surface area contributed by atoms with Gasteiger partial charge in [-0.3, -0.25) is 34.6 Å². The number of aryl methyl sites for hydroxylation is 1. The Morgan fingerprint density at radius 2 is 1.85 bits per heavy atom. The van der Waals surface area contributed by atoms with Gasteiger partial charge >= 0.3 is 5.69 Å². The van der Waals surface area contributed by atoms with Crippen LogP contribution in [0.1, 0.15) is 69.1 Å². The van der Waals surface area contributed by atoms with Crippen molar-refractivity contribution in [2.45, 2.75) is 51.1 Å². The van der Waals surface area contributed by atoms with E-state index in [4.69, 9.17) is 0 Å². The minimum atomic E-state index is -0.668. The minimum Gasteiger partial charge on any atom is -0.502 e. The molecule has 206 valence electrons. The van der Waals surface area contributed by atoms with Crippen molar-refractivity contribution in [1.29, 1.82) is 0 Å². The summed E-state index contributed by atoms with van der Waals surface area (Å²) in [6.07, 6.45) is 1.97. The number of hydrogen-bond acceptors (Lipinski definition) is 7. The zero-order valence-corrected chi connectivity index (χ0v) is 21.7. The van der Waals surface area contributed by atoms with E-state index in [-0.39, 0.29) is 30.1 Å². The molecule has 0 aliphatic carbocycles. The van der Waals surface area contributed by atoms with Gasteiger partial charge < -0.3 is 19.9 Å². The molecule has 0 spiro atoms. The average molecular weight is 546 g/mol. The molecule has 4 heterocycles. The average Bonchev–Trinajstić information content (AvgIpc) is 3.43. The summed E-state index contributed by atoms with van der Waals surface area (Å²) in [5, 5.41) is 24.1. The van der Waals surface area contributed by atoms with Crippen LogP contribution in [0.2, 0.25) is 0 Å². The highest BCUT2D eigenvalue weighted by Gasteiger charge is 2.39. The van der Waals surface area contributed by atoms with Gasteiger partial charge in [-0.15, -0.1) is 0 Å². The number of aromatic amines is 1. The molecule has 3 N–H and O–H groups in total. The standard InChI is InChI=1S/C28H27N5O7/c1-14-19-11-23(34)22(33(39)40)12-20(19)29-25(14)28(38)31-8-6-15(7-9-31)16-2-3-18-17(10-16)13-32(27(18)37)21-4-5-24(35)30-26(21)36/h2-3,10-12,15,21,29,34H,4-9,13H2,1H3,(H,30,35,36). The van der Waals surface area contributed by atoms with Crippen LogP contribution in [0, 0.1) is 17.0 Å². The number of nitrogens with zero attached hydrogens (tertiary/aromatic N) is 3. The number of aromatic hydroxyl groups is 1. The molecular formula is C28H27N5O7. The lowest BCUT2D eigenvalue weighted by atomic mass is 9.87. The van der Waals surface area contributed by atoms with Crippen molar-refractivity contribution < 1.29 is 29.2 Å². The lowest BCUT2D eigenvalue weighted by molar-refractivity contribution is -0.385. The van der Waals surface area contributed by atoms with Crippen LogP contribution >= 0.6 is 0 Å². The Labute approximate surface area is 228 Å². The fourth-order valence-electron chi connectivity index (χ4n) is 6.14. The summed E-state index contributed by atoms with van der Waals surface area (Å²) in [5.41, 5.74) is 3.46. The Bertz CT molecular complexity index is 1620. The van der Waals surface area contributed by atoms with Crippen molar-refractivity contribution in [3.63, 3.8) is 0 Å². The molecule has 6 rings (SSSR count). The Morgan fingerprint density at radius 3 is 2.55 bits per heavy atom. The summed E-state index contributed by atoms with van der Waals surface area (Å²) >= 11 is 0. The first-order chi connectivity index (χ1) is 19.1. The van der Waals surface area contributed by atoms with E-state index in [9.17, 15) is 34.4 Å². The van der Waals surface area contributed by atoms with E-state index in [0.717, 1.165) is 24.0 Å². The SMILES string of the molecule is Cc1c(C(=O)N2CCC(c3ccc4c(c3)CN(C3CCC(=O)NC3=O)C4=O)CC2)[nH]c2cc([N+](=O)[O-])c(O)cc12. The molecule has 12 nitrogen and oxygen atoms in total. The van der Waals surface area contributed by atoms with Crippen LogP contribution in [0.3, 0.4) is 0 Å². The van der Waals surface area contributed by atoms with Crippen LogP contribution in [-0.4, -0.2) is 67.6 Å². The summed E-state index contributed by atoms with van der Waals surface area (Å²) < 4.78 is 0. The molecule has 0 radical (unpaired) electrons. The highest BCUT2D eigenvalue weighted by atomic mass is 16.6. The van der Waals surface area contributed by atoms with Gasteiger partial charge in [0.05, 0.1) is 10.4 Å². The molecule has 2 aromatic carbocycles. The van der Waals surface area contributed by atoms with Crippen LogP contribution in [0.4, 0.5) is 5.69 Å². The molecule has 0 bridgehead atoms. The van der Waals surface area contributed by atoms with Gasteiger partial charge in [0.1, 0.15) is 11.7 Å². The number of likely N-dealkylation sites (tertiary alicyclic amines) is 1. The van der Waals surface area contributed by atoms with Gasteiger partial charge in [-0.2, -0.15) is 0 Å². The molecule has 3 aliphatic rings. The van der Waals surface area contributed by atoms with Crippen LogP contribution in [-0.2, 0) is 16.1 Å². The molecule has 3 aromatic rings. The predicted octanol–water partition coefficient (Wildman–Crippen LogP) is 2.87. The Morgan fingerprint density at radius 1 is 1.10 bits per heavy atom. The van der Waals surface area contributed by atoms with Gasteiger partial charge in [0.2, 0.25) is 11.8 Å². The van der Waals surface area contributed by atoms with E-state index in [1.54, 1.807) is 17.9 Å². The second kappa shape index (κ2) is 9.47. The number of amides is 4. The van der Waals surface area contributed by atoms with Gasteiger partial charge in [-0.1, -0.05) is 12.1 Å². The number of carbonyl (C=O) groups is 4. The highest BCUT2D eigenvalue weighted by Crippen LogP contribution is 2.36. The highest BCUT2D eigenvalue weighted by molar-refractivity contribution is 6.05. The number of carbonyl (C=O) groups excluding carboxylic acids is 4. The Hall–Kier alpha value is -4.74. The molecular weight excluding hydrogens is 518 g/mol. The number of benzene rings is 2. The summed E-state index contributed by atoms with van der Waals surface area (Å²) in [7, 11) is 0. The summed E-state index contributed by atoms with van der Waals surface area (Å²) in [6, 6.07) is 7.65. The lowest BCUT2D eigenvalue weighted by Gasteiger charge is -2.32. The maximum Gasteiger partial charge on any atom is 0.312 e. The van der Waals surface area contributed by atoms with E-state index in [1.165, 1.54) is 17.0 Å². The number of nitro benzene ring substituents is 1. The normalized spacial score (nSPS) is 19.7. The van der Waals surface area contributed by atoms with Crippen LogP contribution in [0.5, 0.6) is 5.75 Å². The lowest BCUT2D eigenvalue weighted by Crippen LogP contribution is -2.52. The van der Waals surface area contributed by atoms with Crippen LogP contribution < -0.4 is 5.32 Å². The van der Waals surface area contributed by atoms with Crippen molar-refractivity contribution in [2.75, 3.05) is 13.1 Å². The number of piperidine rings is 2. The third-order valence-electron chi connectivity index (χ3n) is 8.37. The number of imide groups is 1. The van der Waals surface area contributed by atoms with E-state index in [2.05, 4.69) is 10.3 Å². The fourth-order valence-corrected chi connectivity index (χ4v) is 6.14. The zero-order chi connectivity index (χ0) is 28.3. The third kappa shape index (κ3) is 4.16. The molecule has 1 aromatic heterocycles. The first-order valence-electron chi connectivity index (χ1n) is 13.2. The molecule has 2 saturated heterocycles. The first kappa shape index (κ1) is 25.5. The van der Waals surface area contributed by atoms with Gasteiger partial charge in [0.15, 0.2) is 5.75 Å². The summed E-state index contributed by atoms with van der Waals surface area (Å²) in [5.74, 6) is -1.42. The number of nitro groups is 1. The quantitative estimate of drug-likeness (QED) is 0.257. The first-order valence-corrected chi connectivity index (χ1v) is 13.2. The maximum atomic E-state index is 13.4. The molecule has 1 unspecified atom stereocenters. The van der Waals surface area contributed by atoms with Crippen molar-refractivity contribution in [1.82, 2.24) is 20.1 Å². The molecule has 2 fully saturated rings. The smallest absolute Gasteiger partial charge is 0.312 e. The largest absolute Gasteiger partial charge is 0.502 e. The number of rotatable bonds is 4. The van der Waals surface area contributed by atoms with E-state index in [1.807, 2.05) is 12.1 Å². The third-order valence-corrected chi connectivity index (χ3v) is 8.37. The number of phenols is 1. The fraction of sp³-hybridized carbons (Fsp3) is 0.357. The summed E-state index contributed by atoms with van der Waals surface area (Å²) in [6.45, 7) is 3.09. The van der Waals surface area contributed by atoms with E-state index in [0.29, 0.717) is 53.8 Å². The molecule has 4 amide bonds. The number of fused-ring (bicyclic) bond motifs is 2. The summed E-state index contributed by atoms with van der Waals surface area (Å²) in [4.78, 5) is 67.0. The molecule has 0 saturated carbocycles. The number of nitrogens with one attached hydrogen (secondary N) is 2. The molecule has 1 atom stereocenters. The second-order valence-corrected chi connectivity index (χ2v) is 10.7. The van der Waals surface area contributed by atoms with Crippen LogP contribution in [0.25, 0.3) is 10.9 Å². The number of aromatic nitrogens is 1. The second-order valence-electron chi connectivity index (χ2n) is 10.7. The molecule has 12 heteroatoms. The topological polar surface area (TPSA) is 166 Å². The van der Waals surface area contributed by atoms with Crippen molar-refractivity contribution >= 4 is 40.2 Å². The number of hydrogen-bond donors (Lipinski definition) is 3. The number of phenolic OH excluding ortho intramolecular Hbond substituents is 1. The minimum absolute atomic E-state index is 0.192. The van der Waals surface area contributed by atoms with Gasteiger partial charge in [0, 0.05) is 43.1 Å². The molecule has 3 aliphatic heterocycles. The van der Waals surface area contributed by atoms with E-state index >= 15 is 0 Å². The van der Waals surface area contributed by atoms with Gasteiger partial charge in [0.25, 0.3) is 11.8 Å². The number of H-pyrrole nitrogens is 1. The predicted molar refractivity (Wildman–Crippen MR) is 142 cm³/mol. The van der Waals surface area contributed by atoms with Crippen LogP contribution in [0.15, 0.2) is 30.3 Å².